The zero-order chi connectivity index (χ0) is 7.40. The first-order chi connectivity index (χ1) is 4.83. The number of carbonyl (C=O) groups is 1. The molecule has 3 nitrogen and oxygen atoms in total. The molecule has 1 heterocycles. The third kappa shape index (κ3) is 1.88. The van der Waals surface area contributed by atoms with Crippen LogP contribution in [0, 0.1) is 0 Å². The average Bonchev–Trinajstić information content (AvgIpc) is 2.40. The van der Waals surface area contributed by atoms with Crippen LogP contribution in [-0.4, -0.2) is 16.0 Å². The van der Waals surface area contributed by atoms with Crippen LogP contribution >= 0.6 is 11.3 Å². The van der Waals surface area contributed by atoms with E-state index in [0.717, 1.165) is 5.01 Å². The Labute approximate surface area is 63.1 Å². The quantitative estimate of drug-likeness (QED) is 0.657. The number of ketones is 1. The van der Waals surface area contributed by atoms with Gasteiger partial charge in [0.05, 0.1) is 6.42 Å². The smallest absolute Gasteiger partial charge is 0.139 e. The molecule has 1 rings (SSSR count). The van der Waals surface area contributed by atoms with Gasteiger partial charge in [0, 0.05) is 6.42 Å². The molecule has 0 aliphatic heterocycles. The molecule has 10 heavy (non-hydrogen) atoms. The lowest BCUT2D eigenvalue weighted by Gasteiger charge is -1.88. The van der Waals surface area contributed by atoms with Crippen molar-refractivity contribution in [3.63, 3.8) is 0 Å². The summed E-state index contributed by atoms with van der Waals surface area (Å²) in [7, 11) is 0. The third-order valence-corrected chi connectivity index (χ3v) is 1.85. The normalized spacial score (nSPS) is 9.70. The summed E-state index contributed by atoms with van der Waals surface area (Å²) in [5, 5.41) is 8.19. The van der Waals surface area contributed by atoms with Crippen molar-refractivity contribution in [2.75, 3.05) is 0 Å². The molecule has 0 atom stereocenters. The summed E-state index contributed by atoms with van der Waals surface area (Å²) in [5.41, 5.74) is 1.64. The van der Waals surface area contributed by atoms with Crippen LogP contribution in [-0.2, 0) is 11.2 Å². The maximum absolute atomic E-state index is 10.8. The lowest BCUT2D eigenvalue weighted by molar-refractivity contribution is -0.118. The van der Waals surface area contributed by atoms with Gasteiger partial charge in [-0.1, -0.05) is 6.92 Å². The molecule has 0 aliphatic carbocycles. The van der Waals surface area contributed by atoms with Crippen molar-refractivity contribution in [1.29, 1.82) is 0 Å². The van der Waals surface area contributed by atoms with Gasteiger partial charge in [-0.05, 0) is 0 Å². The summed E-state index contributed by atoms with van der Waals surface area (Å²) in [4.78, 5) is 10.8. The van der Waals surface area contributed by atoms with Crippen molar-refractivity contribution in [3.05, 3.63) is 10.5 Å². The number of nitrogens with zero attached hydrogens (tertiary/aromatic N) is 2. The van der Waals surface area contributed by atoms with Crippen LogP contribution in [0.4, 0.5) is 0 Å². The number of hydrogen-bond acceptors (Lipinski definition) is 4. The summed E-state index contributed by atoms with van der Waals surface area (Å²) in [6, 6.07) is 0. The van der Waals surface area contributed by atoms with Gasteiger partial charge in [-0.15, -0.1) is 21.5 Å². The van der Waals surface area contributed by atoms with Crippen LogP contribution in [0.1, 0.15) is 18.4 Å². The van der Waals surface area contributed by atoms with Gasteiger partial charge in [-0.3, -0.25) is 4.79 Å². The minimum Gasteiger partial charge on any atom is -0.299 e. The van der Waals surface area contributed by atoms with E-state index >= 15 is 0 Å². The van der Waals surface area contributed by atoms with Crippen LogP contribution in [0.25, 0.3) is 0 Å². The van der Waals surface area contributed by atoms with Gasteiger partial charge in [0.2, 0.25) is 0 Å². The SMILES string of the molecule is CCC(=O)Cc1nncs1. The maximum atomic E-state index is 10.8. The first-order valence-electron chi connectivity index (χ1n) is 3.09. The Morgan fingerprint density at radius 3 is 3.10 bits per heavy atom. The second-order valence-electron chi connectivity index (χ2n) is 1.90. The van der Waals surface area contributed by atoms with E-state index in [0.29, 0.717) is 12.8 Å². The molecule has 1 aromatic rings. The monoisotopic (exact) mass is 156 g/mol. The average molecular weight is 156 g/mol. The minimum atomic E-state index is 0.219. The van der Waals surface area contributed by atoms with Gasteiger partial charge >= 0.3 is 0 Å². The zero-order valence-corrected chi connectivity index (χ0v) is 6.52. The van der Waals surface area contributed by atoms with Gasteiger partial charge in [-0.25, -0.2) is 0 Å². The second-order valence-corrected chi connectivity index (χ2v) is 2.82. The predicted octanol–water partition coefficient (Wildman–Crippen LogP) is 1.06. The Kier molecular flexibility index (Phi) is 2.50. The molecular weight excluding hydrogens is 148 g/mol. The Balaban J connectivity index is 2.48. The highest BCUT2D eigenvalue weighted by Crippen LogP contribution is 2.03. The molecule has 0 amide bonds. The molecule has 0 radical (unpaired) electrons. The van der Waals surface area contributed by atoms with Crippen molar-refractivity contribution >= 4 is 17.1 Å². The van der Waals surface area contributed by atoms with Gasteiger partial charge in [-0.2, -0.15) is 0 Å². The lowest BCUT2D eigenvalue weighted by Crippen LogP contribution is -1.99. The first kappa shape index (κ1) is 7.34. The maximum Gasteiger partial charge on any atom is 0.139 e. The van der Waals surface area contributed by atoms with E-state index in [1.54, 1.807) is 5.51 Å². The van der Waals surface area contributed by atoms with E-state index in [2.05, 4.69) is 10.2 Å². The van der Waals surface area contributed by atoms with E-state index in [1.807, 2.05) is 6.92 Å². The van der Waals surface area contributed by atoms with Gasteiger partial charge in [0.1, 0.15) is 16.3 Å². The molecule has 0 spiro atoms. The summed E-state index contributed by atoms with van der Waals surface area (Å²) in [6.07, 6.45) is 1.03. The number of rotatable bonds is 3. The van der Waals surface area contributed by atoms with E-state index in [1.165, 1.54) is 11.3 Å². The zero-order valence-electron chi connectivity index (χ0n) is 5.70. The largest absolute Gasteiger partial charge is 0.299 e. The van der Waals surface area contributed by atoms with Crippen LogP contribution in [0.5, 0.6) is 0 Å². The standard InChI is InChI=1S/C6H8N2OS/c1-2-5(9)3-6-8-7-4-10-6/h4H,2-3H2,1H3. The molecule has 4 heteroatoms. The molecule has 0 bridgehead atoms. The van der Waals surface area contributed by atoms with Gasteiger partial charge < -0.3 is 0 Å². The molecule has 0 unspecified atom stereocenters. The molecule has 54 valence electrons. The topological polar surface area (TPSA) is 42.9 Å². The first-order valence-corrected chi connectivity index (χ1v) is 3.97. The summed E-state index contributed by atoms with van der Waals surface area (Å²) in [6.45, 7) is 1.85. The van der Waals surface area contributed by atoms with Crippen LogP contribution in [0.15, 0.2) is 5.51 Å². The van der Waals surface area contributed by atoms with E-state index in [4.69, 9.17) is 0 Å². The summed E-state index contributed by atoms with van der Waals surface area (Å²) < 4.78 is 0. The highest BCUT2D eigenvalue weighted by Gasteiger charge is 2.02. The number of aromatic nitrogens is 2. The fourth-order valence-corrected chi connectivity index (χ4v) is 1.12. The Hall–Kier alpha value is -0.770. The van der Waals surface area contributed by atoms with Crippen molar-refractivity contribution in [2.24, 2.45) is 0 Å². The van der Waals surface area contributed by atoms with Crippen LogP contribution in [0.2, 0.25) is 0 Å². The fraction of sp³-hybridized carbons (Fsp3) is 0.500. The number of hydrogen-bond donors (Lipinski definition) is 0. The highest BCUT2D eigenvalue weighted by atomic mass is 32.1. The van der Waals surface area contributed by atoms with Crippen molar-refractivity contribution in [2.45, 2.75) is 19.8 Å². The van der Waals surface area contributed by atoms with Gasteiger partial charge in [0.15, 0.2) is 0 Å². The number of Topliss-reactive ketones (excluding diaryl/α,β-unsaturated/α-hetero) is 1. The van der Waals surface area contributed by atoms with Crippen LogP contribution < -0.4 is 0 Å². The van der Waals surface area contributed by atoms with Gasteiger partial charge in [0.25, 0.3) is 0 Å². The van der Waals surface area contributed by atoms with Crippen LogP contribution in [0.3, 0.4) is 0 Å². The molecule has 0 aliphatic rings. The highest BCUT2D eigenvalue weighted by molar-refractivity contribution is 7.09. The van der Waals surface area contributed by atoms with E-state index in [-0.39, 0.29) is 5.78 Å². The summed E-state index contributed by atoms with van der Waals surface area (Å²) >= 11 is 1.42. The molecule has 0 saturated heterocycles. The molecule has 1 aromatic heterocycles. The lowest BCUT2D eigenvalue weighted by atomic mass is 10.2. The van der Waals surface area contributed by atoms with Crippen molar-refractivity contribution in [3.8, 4) is 0 Å². The molecule has 0 aromatic carbocycles. The molecular formula is C6H8N2OS. The Morgan fingerprint density at radius 1 is 1.80 bits per heavy atom. The van der Waals surface area contributed by atoms with Crippen molar-refractivity contribution in [1.82, 2.24) is 10.2 Å². The number of carbonyl (C=O) groups excluding carboxylic acids is 1. The minimum absolute atomic E-state index is 0.219. The fourth-order valence-electron chi connectivity index (χ4n) is 0.567. The molecule has 0 N–H and O–H groups in total. The Morgan fingerprint density at radius 2 is 2.60 bits per heavy atom. The van der Waals surface area contributed by atoms with E-state index in [9.17, 15) is 4.79 Å². The predicted molar refractivity (Wildman–Crippen MR) is 38.9 cm³/mol. The molecule has 0 fully saturated rings. The van der Waals surface area contributed by atoms with E-state index < -0.39 is 0 Å². The second kappa shape index (κ2) is 3.41. The molecule has 0 saturated carbocycles. The van der Waals surface area contributed by atoms with Crippen molar-refractivity contribution < 1.29 is 4.79 Å². The third-order valence-electron chi connectivity index (χ3n) is 1.15. The Bertz CT molecular complexity index is 208. The summed E-state index contributed by atoms with van der Waals surface area (Å²) in [5.74, 6) is 0.219.